The zero-order chi connectivity index (χ0) is 41.2. The van der Waals surface area contributed by atoms with Gasteiger partial charge in [-0.3, -0.25) is 24.4 Å². The number of nitrogens with zero attached hydrogens (tertiary/aromatic N) is 5. The molecule has 5 heterocycles. The third kappa shape index (κ3) is 6.62. The zero-order valence-electron chi connectivity index (χ0n) is 33.2. The molecule has 59 heavy (non-hydrogen) atoms. The summed E-state index contributed by atoms with van der Waals surface area (Å²) in [5.41, 5.74) is 3.50. The Bertz CT molecular complexity index is 2730. The number of aryl methyl sites for hydroxylation is 2. The molecule has 6 aromatic rings. The molecular weight excluding hydrogens is 758 g/mol. The Balaban J connectivity index is 1.12. The van der Waals surface area contributed by atoms with E-state index in [9.17, 15) is 18.8 Å². The summed E-state index contributed by atoms with van der Waals surface area (Å²) < 4.78 is 34.2. The molecule has 3 atom stereocenters. The van der Waals surface area contributed by atoms with Gasteiger partial charge in [-0.15, -0.1) is 0 Å². The number of benzene rings is 3. The first kappa shape index (κ1) is 38.2. The van der Waals surface area contributed by atoms with Gasteiger partial charge in [0.25, 0.3) is 11.5 Å². The molecule has 3 aliphatic rings. The van der Waals surface area contributed by atoms with Gasteiger partial charge in [-0.25, -0.2) is 23.5 Å². The van der Waals surface area contributed by atoms with Crippen LogP contribution in [0.5, 0.6) is 0 Å². The third-order valence-corrected chi connectivity index (χ3v) is 12.3. The molecule has 14 nitrogen and oxygen atoms in total. The van der Waals surface area contributed by atoms with Gasteiger partial charge in [0.2, 0.25) is 5.95 Å². The number of halogens is 1. The van der Waals surface area contributed by atoms with Crippen LogP contribution in [0.4, 0.5) is 15.1 Å². The summed E-state index contributed by atoms with van der Waals surface area (Å²) in [6, 6.07) is 19.7. The number of amides is 2. The number of nitrogens with one attached hydrogen (secondary N) is 2. The summed E-state index contributed by atoms with van der Waals surface area (Å²) >= 11 is 0. The number of anilines is 1. The van der Waals surface area contributed by atoms with Gasteiger partial charge in [0.05, 0.1) is 17.4 Å². The molecule has 0 radical (unpaired) electrons. The lowest BCUT2D eigenvalue weighted by Crippen LogP contribution is -2.44. The lowest BCUT2D eigenvalue weighted by atomic mass is 9.91. The minimum atomic E-state index is -0.846. The maximum atomic E-state index is 15.1. The Kier molecular flexibility index (Phi) is 9.57. The molecular formula is C44H44FN7O7. The second-order valence-electron chi connectivity index (χ2n) is 16.0. The molecule has 9 rings (SSSR count). The molecule has 304 valence electrons. The summed E-state index contributed by atoms with van der Waals surface area (Å²) in [6.07, 6.45) is 1.74. The van der Waals surface area contributed by atoms with E-state index in [4.69, 9.17) is 19.0 Å². The van der Waals surface area contributed by atoms with Gasteiger partial charge >= 0.3 is 11.8 Å². The van der Waals surface area contributed by atoms with Gasteiger partial charge in [0.15, 0.2) is 5.82 Å². The van der Waals surface area contributed by atoms with Gasteiger partial charge in [0, 0.05) is 36.2 Å². The van der Waals surface area contributed by atoms with Crippen molar-refractivity contribution >= 4 is 28.9 Å². The predicted octanol–water partition coefficient (Wildman–Crippen LogP) is 6.81. The number of carbonyl (C=O) groups is 2. The number of aromatic nitrogens is 5. The fraction of sp³-hybridized carbons (Fsp3) is 0.364. The van der Waals surface area contributed by atoms with E-state index >= 15 is 4.79 Å². The number of ether oxygens (including phenoxy) is 2. The lowest BCUT2D eigenvalue weighted by molar-refractivity contribution is 0.0658. The number of carbonyl (C=O) groups excluding carboxylic acids is 2. The maximum absolute atomic E-state index is 15.1. The number of H-pyrrole nitrogens is 1. The first-order valence-corrected chi connectivity index (χ1v) is 20.0. The average Bonchev–Trinajstić information content (AvgIpc) is 3.50. The van der Waals surface area contributed by atoms with Gasteiger partial charge < -0.3 is 18.9 Å². The van der Waals surface area contributed by atoms with Crippen molar-refractivity contribution in [3.05, 3.63) is 138 Å². The minimum Gasteiger partial charge on any atom is -0.444 e. The monoisotopic (exact) mass is 801 g/mol. The molecule has 1 saturated carbocycles. The van der Waals surface area contributed by atoms with Crippen molar-refractivity contribution < 1.29 is 28.0 Å². The normalized spacial score (nSPS) is 20.4. The standard InChI is InChI=1S/C44H44FN7O7/c1-24-18-32(19-25(2)36(24)45)51-38(53)33-12-15-50(27(4)37(33)46-41(51)48-42(55)58-23-28-8-6-5-7-9-28)39(54)35-21-31-20-30(29-13-16-57-17-14-29)10-11-34(31)52(35)44(22-26(44)3)40-47-43(56)59-49-40/h5-11,18-21,26-27,29H,12-17,22-23H2,1-4H3,(H,46,48,55)(H,47,49,56)/t26-,27-,44-/m0/s1. The van der Waals surface area contributed by atoms with E-state index in [0.29, 0.717) is 65.1 Å². The van der Waals surface area contributed by atoms with Crippen LogP contribution in [0.3, 0.4) is 0 Å². The summed E-state index contributed by atoms with van der Waals surface area (Å²) in [5, 5.41) is 7.66. The van der Waals surface area contributed by atoms with Crippen LogP contribution < -0.4 is 16.6 Å². The highest BCUT2D eigenvalue weighted by atomic mass is 19.1. The van der Waals surface area contributed by atoms with E-state index < -0.39 is 34.8 Å². The first-order valence-electron chi connectivity index (χ1n) is 20.0. The van der Waals surface area contributed by atoms with Crippen molar-refractivity contribution in [1.29, 1.82) is 0 Å². The lowest BCUT2D eigenvalue weighted by Gasteiger charge is -2.35. The molecule has 2 N–H and O–H groups in total. The largest absolute Gasteiger partial charge is 0.444 e. The number of aromatic amines is 1. The van der Waals surface area contributed by atoms with Gasteiger partial charge in [0.1, 0.15) is 23.7 Å². The molecule has 15 heteroatoms. The Morgan fingerprint density at radius 2 is 1.75 bits per heavy atom. The van der Waals surface area contributed by atoms with Gasteiger partial charge in [-0.2, -0.15) is 0 Å². The van der Waals surface area contributed by atoms with E-state index in [1.165, 1.54) is 22.3 Å². The number of hydrogen-bond donors (Lipinski definition) is 2. The molecule has 2 aliphatic heterocycles. The van der Waals surface area contributed by atoms with Crippen LogP contribution in [0.1, 0.15) is 94.9 Å². The van der Waals surface area contributed by atoms with Crippen LogP contribution in [0, 0.1) is 25.6 Å². The number of hydrogen-bond acceptors (Lipinski definition) is 9. The smallest absolute Gasteiger partial charge is 0.438 e. The second-order valence-corrected chi connectivity index (χ2v) is 16.0. The summed E-state index contributed by atoms with van der Waals surface area (Å²) in [6.45, 7) is 8.60. The Hall–Kier alpha value is -6.35. The number of rotatable bonds is 8. The van der Waals surface area contributed by atoms with Gasteiger partial charge in [-0.1, -0.05) is 48.5 Å². The van der Waals surface area contributed by atoms with Crippen molar-refractivity contribution in [3.8, 4) is 5.69 Å². The molecule has 0 bridgehead atoms. The van der Waals surface area contributed by atoms with E-state index in [-0.39, 0.29) is 37.3 Å². The van der Waals surface area contributed by atoms with Crippen molar-refractivity contribution in [2.75, 3.05) is 25.1 Å². The minimum absolute atomic E-state index is 0.00854. The van der Waals surface area contributed by atoms with Crippen LogP contribution in [0.15, 0.2) is 80.8 Å². The third-order valence-electron chi connectivity index (χ3n) is 12.3. The van der Waals surface area contributed by atoms with E-state index in [1.54, 1.807) is 25.7 Å². The predicted molar refractivity (Wildman–Crippen MR) is 215 cm³/mol. The molecule has 3 aromatic heterocycles. The van der Waals surface area contributed by atoms with Crippen molar-refractivity contribution in [1.82, 2.24) is 29.2 Å². The summed E-state index contributed by atoms with van der Waals surface area (Å²) in [4.78, 5) is 64.6. The van der Waals surface area contributed by atoms with E-state index in [2.05, 4.69) is 27.6 Å². The zero-order valence-corrected chi connectivity index (χ0v) is 33.2. The maximum Gasteiger partial charge on any atom is 0.438 e. The fourth-order valence-electron chi connectivity index (χ4n) is 9.06. The average molecular weight is 802 g/mol. The summed E-state index contributed by atoms with van der Waals surface area (Å²) in [5.74, 6) is -0.836. The highest BCUT2D eigenvalue weighted by Gasteiger charge is 2.59. The molecule has 1 saturated heterocycles. The van der Waals surface area contributed by atoms with Crippen LogP contribution in [-0.2, 0) is 28.0 Å². The van der Waals surface area contributed by atoms with Crippen LogP contribution in [0.2, 0.25) is 0 Å². The molecule has 0 unspecified atom stereocenters. The number of fused-ring (bicyclic) bond motifs is 2. The molecule has 2 amide bonds. The molecule has 3 aromatic carbocycles. The van der Waals surface area contributed by atoms with Crippen molar-refractivity contribution in [2.24, 2.45) is 5.92 Å². The molecule has 1 aliphatic carbocycles. The Morgan fingerprint density at radius 3 is 2.42 bits per heavy atom. The SMILES string of the molecule is Cc1cc(-n2c(NC(=O)OCc3ccccc3)nc3c(c2=O)CCN(C(=O)c2cc4cc(C5CCOCC5)ccc4n2[C@@]2(c4noc(=O)[nH]4)C[C@@H]2C)[C@H]3C)cc(C)c1F. The van der Waals surface area contributed by atoms with Crippen LogP contribution >= 0.6 is 0 Å². The quantitative estimate of drug-likeness (QED) is 0.168. The topological polar surface area (TPSA) is 167 Å². The van der Waals surface area contributed by atoms with Crippen LogP contribution in [-0.4, -0.2) is 60.9 Å². The van der Waals surface area contributed by atoms with E-state index in [0.717, 1.165) is 29.3 Å². The van der Waals surface area contributed by atoms with Crippen molar-refractivity contribution in [3.63, 3.8) is 0 Å². The molecule has 2 fully saturated rings. The fourth-order valence-corrected chi connectivity index (χ4v) is 9.06. The first-order chi connectivity index (χ1) is 28.4. The Morgan fingerprint density at radius 1 is 1.02 bits per heavy atom. The van der Waals surface area contributed by atoms with E-state index in [1.807, 2.05) is 54.0 Å². The van der Waals surface area contributed by atoms with Crippen LogP contribution in [0.25, 0.3) is 16.6 Å². The second kappa shape index (κ2) is 14.8. The van der Waals surface area contributed by atoms with Crippen molar-refractivity contribution in [2.45, 2.75) is 77.5 Å². The molecule has 0 spiro atoms. The van der Waals surface area contributed by atoms with Gasteiger partial charge in [-0.05, 0) is 111 Å². The summed E-state index contributed by atoms with van der Waals surface area (Å²) in [7, 11) is 0. The Labute approximate surface area is 337 Å². The highest BCUT2D eigenvalue weighted by molar-refractivity contribution is 6.00. The highest BCUT2D eigenvalue weighted by Crippen LogP contribution is 2.56.